The number of carbonyl (C=O) groups is 2. The van der Waals surface area contributed by atoms with Gasteiger partial charge in [0, 0.05) is 6.42 Å². The Balaban J connectivity index is 4.63. The van der Waals surface area contributed by atoms with E-state index < -0.39 is 18.2 Å². The first-order valence-electron chi connectivity index (χ1n) is 22.6. The summed E-state index contributed by atoms with van der Waals surface area (Å²) in [4.78, 5) is 25.9. The predicted octanol–water partition coefficient (Wildman–Crippen LogP) is 12.9. The molecule has 0 saturated heterocycles. The van der Waals surface area contributed by atoms with Crippen LogP contribution in [0.5, 0.6) is 0 Å². The monoisotopic (exact) mass is 756 g/mol. The van der Waals surface area contributed by atoms with Gasteiger partial charge in [0.25, 0.3) is 0 Å². The molecule has 312 valence electrons. The summed E-state index contributed by atoms with van der Waals surface area (Å²) in [6, 6.07) is -0.723. The van der Waals surface area contributed by atoms with Gasteiger partial charge in [0.1, 0.15) is 6.10 Å². The first kappa shape index (κ1) is 51.6. The normalized spacial score (nSPS) is 13.9. The van der Waals surface area contributed by atoms with Crippen LogP contribution in [0.15, 0.2) is 60.8 Å². The lowest BCUT2D eigenvalue weighted by Gasteiger charge is -2.24. The van der Waals surface area contributed by atoms with E-state index in [0.29, 0.717) is 19.3 Å². The SMILES string of the molecule is CC/C=C/C=C/C=C\C=C/CCCC(CC(=O)NC(CO)C(O)CCCCCCCCCCCCCCCC)OC(=O)CCCCCCC/C=C\CCC. The second kappa shape index (κ2) is 41.7. The van der Waals surface area contributed by atoms with Crippen molar-refractivity contribution in [3.05, 3.63) is 60.8 Å². The Kier molecular flexibility index (Phi) is 39.8. The maximum Gasteiger partial charge on any atom is 0.306 e. The van der Waals surface area contributed by atoms with Crippen LogP contribution in [0.4, 0.5) is 0 Å². The average Bonchev–Trinajstić information content (AvgIpc) is 3.16. The summed E-state index contributed by atoms with van der Waals surface area (Å²) in [5.41, 5.74) is 0. The van der Waals surface area contributed by atoms with E-state index in [-0.39, 0.29) is 24.9 Å². The molecule has 0 aromatic heterocycles. The molecule has 0 aliphatic rings. The van der Waals surface area contributed by atoms with Crippen LogP contribution in [0.1, 0.15) is 207 Å². The molecule has 3 atom stereocenters. The minimum Gasteiger partial charge on any atom is -0.462 e. The summed E-state index contributed by atoms with van der Waals surface area (Å²) in [6.45, 7) is 6.24. The Morgan fingerprint density at radius 2 is 1.07 bits per heavy atom. The van der Waals surface area contributed by atoms with E-state index >= 15 is 0 Å². The Labute approximate surface area is 333 Å². The third-order valence-electron chi connectivity index (χ3n) is 9.91. The number of rotatable bonds is 39. The van der Waals surface area contributed by atoms with E-state index in [0.717, 1.165) is 70.6 Å². The minimum atomic E-state index is -0.805. The Bertz CT molecular complexity index is 984. The smallest absolute Gasteiger partial charge is 0.306 e. The fourth-order valence-corrected chi connectivity index (χ4v) is 6.51. The molecule has 0 saturated carbocycles. The number of nitrogens with one attached hydrogen (secondary N) is 1. The van der Waals surface area contributed by atoms with Crippen molar-refractivity contribution in [2.75, 3.05) is 6.61 Å². The lowest BCUT2D eigenvalue weighted by atomic mass is 10.0. The zero-order valence-corrected chi connectivity index (χ0v) is 35.3. The van der Waals surface area contributed by atoms with Crippen LogP contribution >= 0.6 is 0 Å². The molecule has 0 heterocycles. The molecule has 0 spiro atoms. The van der Waals surface area contributed by atoms with Crippen molar-refractivity contribution < 1.29 is 24.5 Å². The molecule has 0 aromatic carbocycles. The molecule has 0 aliphatic carbocycles. The lowest BCUT2D eigenvalue weighted by Crippen LogP contribution is -2.46. The van der Waals surface area contributed by atoms with Crippen molar-refractivity contribution in [1.82, 2.24) is 5.32 Å². The standard InChI is InChI=1S/C48H85NO5/c1-4-7-10-13-16-19-22-23-24-26-28-31-34-37-40-46(51)45(43-50)49-47(52)42-44(39-36-33-30-27-25-20-17-14-11-8-5-2)54-48(53)41-38-35-32-29-21-18-15-12-9-6-3/h8,11-12,14-15,17,20,25,27,30,44-46,50-51H,4-7,9-10,13,16,18-19,21-24,26,28-29,31-43H2,1-3H3,(H,49,52)/b11-8+,15-12-,17-14+,25-20-,30-27-. The second-order valence-electron chi connectivity index (χ2n) is 15.2. The van der Waals surface area contributed by atoms with E-state index in [1.165, 1.54) is 89.9 Å². The van der Waals surface area contributed by atoms with Crippen molar-refractivity contribution in [2.45, 2.75) is 225 Å². The van der Waals surface area contributed by atoms with Crippen molar-refractivity contribution >= 4 is 11.9 Å². The fourth-order valence-electron chi connectivity index (χ4n) is 6.51. The number of aliphatic hydroxyl groups excluding tert-OH is 2. The number of esters is 1. The summed E-state index contributed by atoms with van der Waals surface area (Å²) < 4.78 is 5.84. The maximum absolute atomic E-state index is 13.1. The molecule has 0 aliphatic heterocycles. The minimum absolute atomic E-state index is 0.0268. The van der Waals surface area contributed by atoms with Gasteiger partial charge in [0.05, 0.1) is 25.2 Å². The van der Waals surface area contributed by atoms with Crippen molar-refractivity contribution in [1.29, 1.82) is 0 Å². The first-order chi connectivity index (χ1) is 26.5. The fraction of sp³-hybridized carbons (Fsp3) is 0.750. The molecule has 0 fully saturated rings. The molecule has 3 N–H and O–H groups in total. The molecule has 3 unspecified atom stereocenters. The summed E-state index contributed by atoms with van der Waals surface area (Å²) in [5.74, 6) is -0.559. The highest BCUT2D eigenvalue weighted by Gasteiger charge is 2.24. The van der Waals surface area contributed by atoms with Gasteiger partial charge in [-0.15, -0.1) is 0 Å². The Hall–Kier alpha value is -2.44. The second-order valence-corrected chi connectivity index (χ2v) is 15.2. The molecule has 0 bridgehead atoms. The average molecular weight is 756 g/mol. The highest BCUT2D eigenvalue weighted by atomic mass is 16.5. The number of unbranched alkanes of at least 4 members (excludes halogenated alkanes) is 20. The highest BCUT2D eigenvalue weighted by molar-refractivity contribution is 5.77. The van der Waals surface area contributed by atoms with E-state index in [1.807, 2.05) is 36.5 Å². The molecular formula is C48H85NO5. The van der Waals surface area contributed by atoms with Gasteiger partial charge >= 0.3 is 5.97 Å². The van der Waals surface area contributed by atoms with Gasteiger partial charge < -0.3 is 20.3 Å². The molecule has 6 heteroatoms. The molecule has 1 amide bonds. The number of hydrogen-bond acceptors (Lipinski definition) is 5. The summed E-state index contributed by atoms with van der Waals surface area (Å²) in [5, 5.41) is 23.6. The van der Waals surface area contributed by atoms with Crippen LogP contribution in [0.2, 0.25) is 0 Å². The predicted molar refractivity (Wildman–Crippen MR) is 232 cm³/mol. The number of carbonyl (C=O) groups excluding carboxylic acids is 2. The van der Waals surface area contributed by atoms with E-state index in [1.54, 1.807) is 0 Å². The van der Waals surface area contributed by atoms with E-state index in [4.69, 9.17) is 4.74 Å². The van der Waals surface area contributed by atoms with Crippen LogP contribution in [-0.4, -0.2) is 46.9 Å². The van der Waals surface area contributed by atoms with Crippen LogP contribution in [0.25, 0.3) is 0 Å². The molecule has 54 heavy (non-hydrogen) atoms. The van der Waals surface area contributed by atoms with Gasteiger partial charge in [0.2, 0.25) is 5.91 Å². The lowest BCUT2D eigenvalue weighted by molar-refractivity contribution is -0.151. The van der Waals surface area contributed by atoms with Gasteiger partial charge in [-0.1, -0.05) is 197 Å². The van der Waals surface area contributed by atoms with Crippen LogP contribution < -0.4 is 5.32 Å². The Morgan fingerprint density at radius 3 is 1.67 bits per heavy atom. The first-order valence-corrected chi connectivity index (χ1v) is 22.6. The molecule has 0 rings (SSSR count). The largest absolute Gasteiger partial charge is 0.462 e. The zero-order chi connectivity index (χ0) is 39.6. The number of ether oxygens (including phenoxy) is 1. The third-order valence-corrected chi connectivity index (χ3v) is 9.91. The molecule has 0 aromatic rings. The van der Waals surface area contributed by atoms with Crippen LogP contribution in [-0.2, 0) is 14.3 Å². The van der Waals surface area contributed by atoms with Crippen molar-refractivity contribution in [3.8, 4) is 0 Å². The third kappa shape index (κ3) is 36.5. The van der Waals surface area contributed by atoms with Gasteiger partial charge in [-0.25, -0.2) is 0 Å². The quantitative estimate of drug-likeness (QED) is 0.0251. The number of aliphatic hydroxyl groups is 2. The highest BCUT2D eigenvalue weighted by Crippen LogP contribution is 2.16. The zero-order valence-electron chi connectivity index (χ0n) is 35.3. The topological polar surface area (TPSA) is 95.9 Å². The summed E-state index contributed by atoms with van der Waals surface area (Å²) in [7, 11) is 0. The van der Waals surface area contributed by atoms with Crippen molar-refractivity contribution in [3.63, 3.8) is 0 Å². The Morgan fingerprint density at radius 1 is 0.556 bits per heavy atom. The number of hydrogen-bond donors (Lipinski definition) is 3. The molecular weight excluding hydrogens is 671 g/mol. The van der Waals surface area contributed by atoms with Gasteiger partial charge in [0.15, 0.2) is 0 Å². The number of allylic oxidation sites excluding steroid dienone is 10. The van der Waals surface area contributed by atoms with E-state index in [2.05, 4.69) is 50.4 Å². The van der Waals surface area contributed by atoms with Gasteiger partial charge in [-0.3, -0.25) is 9.59 Å². The van der Waals surface area contributed by atoms with Gasteiger partial charge in [-0.05, 0) is 57.8 Å². The van der Waals surface area contributed by atoms with Crippen molar-refractivity contribution in [2.24, 2.45) is 0 Å². The van der Waals surface area contributed by atoms with Crippen LogP contribution in [0.3, 0.4) is 0 Å². The molecule has 6 nitrogen and oxygen atoms in total. The van der Waals surface area contributed by atoms with E-state index in [9.17, 15) is 19.8 Å². The summed E-state index contributed by atoms with van der Waals surface area (Å²) >= 11 is 0. The number of amides is 1. The van der Waals surface area contributed by atoms with Crippen LogP contribution in [0, 0.1) is 0 Å². The van der Waals surface area contributed by atoms with Gasteiger partial charge in [-0.2, -0.15) is 0 Å². The maximum atomic E-state index is 13.1. The summed E-state index contributed by atoms with van der Waals surface area (Å²) in [6.07, 6.45) is 50.0. The molecule has 0 radical (unpaired) electrons.